The van der Waals surface area contributed by atoms with Gasteiger partial charge in [-0.25, -0.2) is 4.79 Å². The van der Waals surface area contributed by atoms with Crippen LogP contribution in [0, 0.1) is 0 Å². The number of benzene rings is 2. The zero-order valence-corrected chi connectivity index (χ0v) is 16.4. The second-order valence-corrected chi connectivity index (χ2v) is 7.36. The van der Waals surface area contributed by atoms with Crippen LogP contribution in [0.1, 0.15) is 22.8 Å². The molecule has 0 radical (unpaired) electrons. The molecule has 28 heavy (non-hydrogen) atoms. The fraction of sp³-hybridized carbons (Fsp3) is 0.158. The van der Waals surface area contributed by atoms with Gasteiger partial charge in [-0.05, 0) is 48.9 Å². The SMILES string of the molecule is C[C@]1(c2ccc(Br)cc2)NC(=O)N(CC(=O)Nc2ccc(C(N)=O)cc2)C1=O. The molecule has 0 bridgehead atoms. The van der Waals surface area contributed by atoms with Gasteiger partial charge in [0, 0.05) is 15.7 Å². The molecular formula is C19H17BrN4O4. The molecule has 2 aromatic carbocycles. The summed E-state index contributed by atoms with van der Waals surface area (Å²) in [7, 11) is 0. The molecule has 1 fully saturated rings. The van der Waals surface area contributed by atoms with Crippen LogP contribution in [-0.4, -0.2) is 35.2 Å². The quantitative estimate of drug-likeness (QED) is 0.609. The Morgan fingerprint density at radius 2 is 1.71 bits per heavy atom. The normalized spacial score (nSPS) is 18.7. The van der Waals surface area contributed by atoms with Crippen LogP contribution in [0.25, 0.3) is 0 Å². The first-order valence-corrected chi connectivity index (χ1v) is 9.10. The lowest BCUT2D eigenvalue weighted by atomic mass is 9.92. The Labute approximate surface area is 169 Å². The van der Waals surface area contributed by atoms with Crippen LogP contribution in [-0.2, 0) is 15.1 Å². The molecule has 0 spiro atoms. The summed E-state index contributed by atoms with van der Waals surface area (Å²) in [6.07, 6.45) is 0. The summed E-state index contributed by atoms with van der Waals surface area (Å²) in [6, 6.07) is 12.3. The molecule has 0 unspecified atom stereocenters. The number of carbonyl (C=O) groups excluding carboxylic acids is 4. The van der Waals surface area contributed by atoms with E-state index in [1.54, 1.807) is 31.2 Å². The number of nitrogens with zero attached hydrogens (tertiary/aromatic N) is 1. The van der Waals surface area contributed by atoms with E-state index in [1.807, 2.05) is 0 Å². The van der Waals surface area contributed by atoms with Crippen LogP contribution >= 0.6 is 15.9 Å². The van der Waals surface area contributed by atoms with Gasteiger partial charge in [-0.3, -0.25) is 19.3 Å². The van der Waals surface area contributed by atoms with Gasteiger partial charge >= 0.3 is 6.03 Å². The van der Waals surface area contributed by atoms with E-state index in [2.05, 4.69) is 26.6 Å². The van der Waals surface area contributed by atoms with E-state index in [-0.39, 0.29) is 0 Å². The number of urea groups is 1. The van der Waals surface area contributed by atoms with E-state index in [1.165, 1.54) is 24.3 Å². The first kappa shape index (κ1) is 19.6. The smallest absolute Gasteiger partial charge is 0.325 e. The van der Waals surface area contributed by atoms with Crippen LogP contribution in [0.3, 0.4) is 0 Å². The van der Waals surface area contributed by atoms with E-state index in [0.717, 1.165) is 9.37 Å². The maximum atomic E-state index is 12.8. The molecule has 4 N–H and O–H groups in total. The number of anilines is 1. The van der Waals surface area contributed by atoms with Gasteiger partial charge in [0.2, 0.25) is 11.8 Å². The van der Waals surface area contributed by atoms with Crippen LogP contribution in [0.4, 0.5) is 10.5 Å². The minimum absolute atomic E-state index is 0.303. The third kappa shape index (κ3) is 3.74. The Hall–Kier alpha value is -3.20. The molecule has 5 amide bonds. The van der Waals surface area contributed by atoms with Crippen molar-refractivity contribution in [3.8, 4) is 0 Å². The standard InChI is InChI=1S/C19H17BrN4O4/c1-19(12-4-6-13(20)7-5-12)17(27)24(18(28)23-19)10-15(25)22-14-8-2-11(3-9-14)16(21)26/h2-9H,10H2,1H3,(H2,21,26)(H,22,25)(H,23,28)/t19-/m1/s1. The minimum atomic E-state index is -1.25. The molecule has 0 aliphatic carbocycles. The van der Waals surface area contributed by atoms with Gasteiger partial charge < -0.3 is 16.4 Å². The summed E-state index contributed by atoms with van der Waals surface area (Å²) in [5.41, 5.74) is 5.25. The number of nitrogens with one attached hydrogen (secondary N) is 2. The molecule has 0 aromatic heterocycles. The maximum absolute atomic E-state index is 12.8. The molecule has 1 aliphatic rings. The minimum Gasteiger partial charge on any atom is -0.366 e. The average molecular weight is 445 g/mol. The molecule has 1 atom stereocenters. The van der Waals surface area contributed by atoms with Crippen LogP contribution < -0.4 is 16.4 Å². The van der Waals surface area contributed by atoms with E-state index >= 15 is 0 Å². The molecule has 144 valence electrons. The number of imide groups is 1. The highest BCUT2D eigenvalue weighted by molar-refractivity contribution is 9.10. The summed E-state index contributed by atoms with van der Waals surface area (Å²) in [4.78, 5) is 49.4. The van der Waals surface area contributed by atoms with Crippen molar-refractivity contribution in [2.75, 3.05) is 11.9 Å². The lowest BCUT2D eigenvalue weighted by molar-refractivity contribution is -0.133. The molecule has 8 nitrogen and oxygen atoms in total. The van der Waals surface area contributed by atoms with Gasteiger partial charge in [-0.2, -0.15) is 0 Å². The summed E-state index contributed by atoms with van der Waals surface area (Å²) in [6.45, 7) is 1.16. The molecule has 1 aliphatic heterocycles. The van der Waals surface area contributed by atoms with Crippen molar-refractivity contribution >= 4 is 45.4 Å². The van der Waals surface area contributed by atoms with Gasteiger partial charge in [0.15, 0.2) is 0 Å². The van der Waals surface area contributed by atoms with E-state index < -0.39 is 35.8 Å². The number of amides is 5. The first-order valence-electron chi connectivity index (χ1n) is 8.30. The third-order valence-corrected chi connectivity index (χ3v) is 4.98. The average Bonchev–Trinajstić information content (AvgIpc) is 2.86. The van der Waals surface area contributed by atoms with Crippen molar-refractivity contribution in [3.63, 3.8) is 0 Å². The highest BCUT2D eigenvalue weighted by atomic mass is 79.9. The van der Waals surface area contributed by atoms with E-state index in [4.69, 9.17) is 5.73 Å². The zero-order valence-electron chi connectivity index (χ0n) is 14.9. The van der Waals surface area contributed by atoms with Crippen molar-refractivity contribution in [1.82, 2.24) is 10.2 Å². The molecular weight excluding hydrogens is 428 g/mol. The lowest BCUT2D eigenvalue weighted by Gasteiger charge is -2.22. The molecule has 0 saturated carbocycles. The van der Waals surface area contributed by atoms with Gasteiger partial charge in [-0.15, -0.1) is 0 Å². The van der Waals surface area contributed by atoms with Crippen molar-refractivity contribution in [1.29, 1.82) is 0 Å². The Bertz CT molecular complexity index is 959. The fourth-order valence-electron chi connectivity index (χ4n) is 2.88. The fourth-order valence-corrected chi connectivity index (χ4v) is 3.15. The largest absolute Gasteiger partial charge is 0.366 e. The Morgan fingerprint density at radius 1 is 1.11 bits per heavy atom. The topological polar surface area (TPSA) is 122 Å². The molecule has 9 heteroatoms. The number of hydrogen-bond donors (Lipinski definition) is 3. The lowest BCUT2D eigenvalue weighted by Crippen LogP contribution is -2.42. The van der Waals surface area contributed by atoms with E-state index in [0.29, 0.717) is 16.8 Å². The Kier molecular flexibility index (Phi) is 5.19. The maximum Gasteiger partial charge on any atom is 0.325 e. The van der Waals surface area contributed by atoms with Crippen LogP contribution in [0.15, 0.2) is 53.0 Å². The number of halogens is 1. The molecule has 1 heterocycles. The highest BCUT2D eigenvalue weighted by Crippen LogP contribution is 2.29. The molecule has 3 rings (SSSR count). The monoisotopic (exact) mass is 444 g/mol. The van der Waals surface area contributed by atoms with Gasteiger partial charge in [-0.1, -0.05) is 28.1 Å². The predicted octanol–water partition coefficient (Wildman–Crippen LogP) is 1.95. The first-order chi connectivity index (χ1) is 13.2. The van der Waals surface area contributed by atoms with Gasteiger partial charge in [0.05, 0.1) is 0 Å². The second-order valence-electron chi connectivity index (χ2n) is 6.44. The van der Waals surface area contributed by atoms with Crippen molar-refractivity contribution in [2.45, 2.75) is 12.5 Å². The van der Waals surface area contributed by atoms with Crippen molar-refractivity contribution < 1.29 is 19.2 Å². The number of primary amides is 1. The van der Waals surface area contributed by atoms with Gasteiger partial charge in [0.25, 0.3) is 5.91 Å². The summed E-state index contributed by atoms with van der Waals surface area (Å²) < 4.78 is 0.843. The van der Waals surface area contributed by atoms with Gasteiger partial charge in [0.1, 0.15) is 12.1 Å². The summed E-state index contributed by atoms with van der Waals surface area (Å²) in [5.74, 6) is -1.64. The molecule has 1 saturated heterocycles. The Balaban J connectivity index is 1.70. The number of nitrogens with two attached hydrogens (primary N) is 1. The van der Waals surface area contributed by atoms with Crippen molar-refractivity contribution in [2.24, 2.45) is 5.73 Å². The zero-order chi connectivity index (χ0) is 20.5. The predicted molar refractivity (Wildman–Crippen MR) is 105 cm³/mol. The number of rotatable bonds is 5. The van der Waals surface area contributed by atoms with Crippen LogP contribution in [0.5, 0.6) is 0 Å². The third-order valence-electron chi connectivity index (χ3n) is 4.45. The summed E-state index contributed by atoms with van der Waals surface area (Å²) >= 11 is 3.33. The molecule has 2 aromatic rings. The number of carbonyl (C=O) groups is 4. The van der Waals surface area contributed by atoms with Crippen molar-refractivity contribution in [3.05, 3.63) is 64.1 Å². The Morgan fingerprint density at radius 3 is 2.29 bits per heavy atom. The number of hydrogen-bond acceptors (Lipinski definition) is 4. The van der Waals surface area contributed by atoms with Crippen LogP contribution in [0.2, 0.25) is 0 Å². The van der Waals surface area contributed by atoms with E-state index in [9.17, 15) is 19.2 Å². The summed E-state index contributed by atoms with van der Waals surface area (Å²) in [5, 5.41) is 5.23. The highest BCUT2D eigenvalue weighted by Gasteiger charge is 2.49. The second kappa shape index (κ2) is 7.43.